The zero-order chi connectivity index (χ0) is 12.3. The van der Waals surface area contributed by atoms with Crippen molar-refractivity contribution in [2.24, 2.45) is 0 Å². The Morgan fingerprint density at radius 3 is 2.76 bits per heavy atom. The summed E-state index contributed by atoms with van der Waals surface area (Å²) in [5, 5.41) is 10.7. The van der Waals surface area contributed by atoms with E-state index in [-0.39, 0.29) is 0 Å². The molecule has 2 rings (SSSR count). The Balaban J connectivity index is 1.97. The summed E-state index contributed by atoms with van der Waals surface area (Å²) in [7, 11) is 2.04. The minimum Gasteiger partial charge on any atom is -0.339 e. The SMILES string of the molecule is CCC(C)c1nc(N2CCC(NC)CC2)n[nH]1. The first-order chi connectivity index (χ1) is 8.24. The highest BCUT2D eigenvalue weighted by Gasteiger charge is 2.21. The first kappa shape index (κ1) is 12.4. The van der Waals surface area contributed by atoms with E-state index in [2.05, 4.69) is 39.2 Å². The number of nitrogens with zero attached hydrogens (tertiary/aromatic N) is 3. The van der Waals surface area contributed by atoms with Crippen molar-refractivity contribution >= 4 is 5.95 Å². The first-order valence-electron chi connectivity index (χ1n) is 6.59. The van der Waals surface area contributed by atoms with Crippen molar-refractivity contribution < 1.29 is 0 Å². The maximum Gasteiger partial charge on any atom is 0.244 e. The highest BCUT2D eigenvalue weighted by molar-refractivity contribution is 5.30. The van der Waals surface area contributed by atoms with Crippen molar-refractivity contribution in [1.82, 2.24) is 20.5 Å². The van der Waals surface area contributed by atoms with Gasteiger partial charge in [-0.1, -0.05) is 13.8 Å². The summed E-state index contributed by atoms with van der Waals surface area (Å²) in [6, 6.07) is 0.652. The predicted molar refractivity (Wildman–Crippen MR) is 69.4 cm³/mol. The molecule has 1 atom stereocenters. The van der Waals surface area contributed by atoms with Crippen LogP contribution in [0.3, 0.4) is 0 Å². The number of aromatic nitrogens is 3. The number of hydrogen-bond acceptors (Lipinski definition) is 4. The van der Waals surface area contributed by atoms with Gasteiger partial charge in [-0.25, -0.2) is 0 Å². The molecular formula is C12H23N5. The van der Waals surface area contributed by atoms with E-state index in [0.29, 0.717) is 12.0 Å². The van der Waals surface area contributed by atoms with Crippen LogP contribution in [0.4, 0.5) is 5.95 Å². The average Bonchev–Trinajstić information content (AvgIpc) is 2.87. The van der Waals surface area contributed by atoms with Crippen LogP contribution in [0, 0.1) is 0 Å². The van der Waals surface area contributed by atoms with Gasteiger partial charge in [0.15, 0.2) is 0 Å². The molecule has 5 heteroatoms. The molecule has 0 saturated carbocycles. The number of hydrogen-bond donors (Lipinski definition) is 2. The fraction of sp³-hybridized carbons (Fsp3) is 0.833. The normalized spacial score (nSPS) is 19.6. The quantitative estimate of drug-likeness (QED) is 0.833. The van der Waals surface area contributed by atoms with E-state index >= 15 is 0 Å². The standard InChI is InChI=1S/C12H23N5/c1-4-9(2)11-14-12(16-15-11)17-7-5-10(13-3)6-8-17/h9-10,13H,4-8H2,1-3H3,(H,14,15,16). The van der Waals surface area contributed by atoms with Gasteiger partial charge in [0, 0.05) is 25.0 Å². The molecule has 0 aliphatic carbocycles. The maximum absolute atomic E-state index is 4.59. The second kappa shape index (κ2) is 5.49. The predicted octanol–water partition coefficient (Wildman–Crippen LogP) is 1.51. The molecule has 1 aliphatic rings. The summed E-state index contributed by atoms with van der Waals surface area (Å²) in [6.45, 7) is 6.44. The van der Waals surface area contributed by atoms with Gasteiger partial charge in [-0.15, -0.1) is 5.10 Å². The minimum atomic E-state index is 0.464. The van der Waals surface area contributed by atoms with Gasteiger partial charge < -0.3 is 10.2 Å². The number of H-pyrrole nitrogens is 1. The lowest BCUT2D eigenvalue weighted by atomic mass is 10.1. The second-order valence-corrected chi connectivity index (χ2v) is 4.88. The van der Waals surface area contributed by atoms with Crippen LogP contribution in [0.2, 0.25) is 0 Å². The third-order valence-electron chi connectivity index (χ3n) is 3.76. The number of rotatable bonds is 4. The van der Waals surface area contributed by atoms with Crippen LogP contribution in [0.5, 0.6) is 0 Å². The molecule has 2 heterocycles. The number of piperidine rings is 1. The molecule has 1 aromatic heterocycles. The molecule has 0 radical (unpaired) electrons. The molecule has 1 aromatic rings. The lowest BCUT2D eigenvalue weighted by Crippen LogP contribution is -2.41. The van der Waals surface area contributed by atoms with Crippen LogP contribution >= 0.6 is 0 Å². The highest BCUT2D eigenvalue weighted by Crippen LogP contribution is 2.19. The average molecular weight is 237 g/mol. The van der Waals surface area contributed by atoms with Crippen LogP contribution in [0.15, 0.2) is 0 Å². The van der Waals surface area contributed by atoms with Crippen molar-refractivity contribution in [3.8, 4) is 0 Å². The fourth-order valence-electron chi connectivity index (χ4n) is 2.19. The molecule has 0 bridgehead atoms. The summed E-state index contributed by atoms with van der Waals surface area (Å²) in [6.07, 6.45) is 3.43. The van der Waals surface area contributed by atoms with Crippen molar-refractivity contribution in [2.45, 2.75) is 45.1 Å². The van der Waals surface area contributed by atoms with Crippen LogP contribution in [-0.2, 0) is 0 Å². The van der Waals surface area contributed by atoms with Crippen molar-refractivity contribution in [1.29, 1.82) is 0 Å². The Labute approximate surface area is 103 Å². The lowest BCUT2D eigenvalue weighted by Gasteiger charge is -2.30. The molecule has 0 aromatic carbocycles. The van der Waals surface area contributed by atoms with Gasteiger partial charge in [-0.2, -0.15) is 4.98 Å². The van der Waals surface area contributed by atoms with Crippen LogP contribution in [0.25, 0.3) is 0 Å². The first-order valence-corrected chi connectivity index (χ1v) is 6.59. The Kier molecular flexibility index (Phi) is 3.99. The molecule has 1 aliphatic heterocycles. The molecule has 1 saturated heterocycles. The maximum atomic E-state index is 4.59. The molecule has 17 heavy (non-hydrogen) atoms. The van der Waals surface area contributed by atoms with E-state index in [9.17, 15) is 0 Å². The molecular weight excluding hydrogens is 214 g/mol. The molecule has 2 N–H and O–H groups in total. The second-order valence-electron chi connectivity index (χ2n) is 4.88. The Morgan fingerprint density at radius 2 is 2.18 bits per heavy atom. The topological polar surface area (TPSA) is 56.8 Å². The molecule has 96 valence electrons. The third kappa shape index (κ3) is 2.77. The zero-order valence-electron chi connectivity index (χ0n) is 11.0. The smallest absolute Gasteiger partial charge is 0.244 e. The van der Waals surface area contributed by atoms with E-state index in [1.54, 1.807) is 0 Å². The zero-order valence-corrected chi connectivity index (χ0v) is 11.0. The van der Waals surface area contributed by atoms with Gasteiger partial charge in [0.05, 0.1) is 0 Å². The summed E-state index contributed by atoms with van der Waals surface area (Å²) in [4.78, 5) is 6.87. The van der Waals surface area contributed by atoms with Crippen molar-refractivity contribution in [3.05, 3.63) is 5.82 Å². The van der Waals surface area contributed by atoms with Gasteiger partial charge in [0.25, 0.3) is 0 Å². The summed E-state index contributed by atoms with van der Waals surface area (Å²) >= 11 is 0. The molecule has 5 nitrogen and oxygen atoms in total. The van der Waals surface area contributed by atoms with E-state index in [1.165, 1.54) is 12.8 Å². The number of anilines is 1. The van der Waals surface area contributed by atoms with Gasteiger partial charge in [-0.3, -0.25) is 5.10 Å². The number of nitrogens with one attached hydrogen (secondary N) is 2. The summed E-state index contributed by atoms with van der Waals surface area (Å²) in [5.74, 6) is 2.35. The largest absolute Gasteiger partial charge is 0.339 e. The molecule has 0 amide bonds. The van der Waals surface area contributed by atoms with Crippen LogP contribution in [0.1, 0.15) is 44.9 Å². The van der Waals surface area contributed by atoms with E-state index in [0.717, 1.165) is 31.3 Å². The summed E-state index contributed by atoms with van der Waals surface area (Å²) in [5.41, 5.74) is 0. The third-order valence-corrected chi connectivity index (χ3v) is 3.76. The Morgan fingerprint density at radius 1 is 1.47 bits per heavy atom. The van der Waals surface area contributed by atoms with E-state index in [4.69, 9.17) is 0 Å². The van der Waals surface area contributed by atoms with Crippen LogP contribution < -0.4 is 10.2 Å². The van der Waals surface area contributed by atoms with E-state index in [1.807, 2.05) is 7.05 Å². The van der Waals surface area contributed by atoms with Gasteiger partial charge in [0.2, 0.25) is 5.95 Å². The van der Waals surface area contributed by atoms with Crippen LogP contribution in [-0.4, -0.2) is 41.4 Å². The molecule has 1 fully saturated rings. The lowest BCUT2D eigenvalue weighted by molar-refractivity contribution is 0.439. The summed E-state index contributed by atoms with van der Waals surface area (Å²) < 4.78 is 0. The Hall–Kier alpha value is -1.10. The van der Waals surface area contributed by atoms with E-state index < -0.39 is 0 Å². The molecule has 0 spiro atoms. The van der Waals surface area contributed by atoms with Crippen molar-refractivity contribution in [3.63, 3.8) is 0 Å². The van der Waals surface area contributed by atoms with Crippen molar-refractivity contribution in [2.75, 3.05) is 25.0 Å². The highest BCUT2D eigenvalue weighted by atomic mass is 15.4. The van der Waals surface area contributed by atoms with Gasteiger partial charge >= 0.3 is 0 Å². The Bertz CT molecular complexity index is 340. The van der Waals surface area contributed by atoms with Gasteiger partial charge in [-0.05, 0) is 26.3 Å². The monoisotopic (exact) mass is 237 g/mol. The minimum absolute atomic E-state index is 0.464. The van der Waals surface area contributed by atoms with Gasteiger partial charge in [0.1, 0.15) is 5.82 Å². The fourth-order valence-corrected chi connectivity index (χ4v) is 2.19. The number of aromatic amines is 1. The molecule has 1 unspecified atom stereocenters.